The van der Waals surface area contributed by atoms with Crippen LogP contribution in [0.5, 0.6) is 17.2 Å². The minimum atomic E-state index is -2.01. The Hall–Kier alpha value is -3.35. The van der Waals surface area contributed by atoms with E-state index in [2.05, 4.69) is 0 Å². The topological polar surface area (TPSA) is 260 Å². The van der Waals surface area contributed by atoms with Gasteiger partial charge in [0.25, 0.3) is 0 Å². The minimum absolute atomic E-state index is 0.0645. The SMILES string of the molecule is COc1ccc(-c2cc(=O)c3c(O)c(C4OC(CO)C(O)C(O)C4O)c(O)c(C4OC(CO)C(O)C(O)C4O)c3o2)cc1. The summed E-state index contributed by atoms with van der Waals surface area (Å²) in [5.74, 6) is -1.51. The van der Waals surface area contributed by atoms with Gasteiger partial charge in [-0.2, -0.15) is 0 Å². The molecular weight excluding hydrogens is 576 g/mol. The van der Waals surface area contributed by atoms with Gasteiger partial charge in [0.15, 0.2) is 11.0 Å². The molecule has 15 nitrogen and oxygen atoms in total. The van der Waals surface area contributed by atoms with E-state index in [1.807, 2.05) is 0 Å². The highest BCUT2D eigenvalue weighted by atomic mass is 16.6. The van der Waals surface area contributed by atoms with E-state index in [9.17, 15) is 55.9 Å². The summed E-state index contributed by atoms with van der Waals surface area (Å²) >= 11 is 0. The number of hydrogen-bond donors (Lipinski definition) is 10. The van der Waals surface area contributed by atoms with Crippen LogP contribution in [0.15, 0.2) is 39.5 Å². The van der Waals surface area contributed by atoms with Crippen molar-refractivity contribution in [2.75, 3.05) is 20.3 Å². The first-order valence-corrected chi connectivity index (χ1v) is 13.3. The molecule has 2 saturated heterocycles. The van der Waals surface area contributed by atoms with Crippen molar-refractivity contribution < 1.29 is 69.7 Å². The minimum Gasteiger partial charge on any atom is -0.507 e. The predicted octanol–water partition coefficient (Wildman–Crippen LogP) is -2.09. The molecule has 15 heteroatoms. The summed E-state index contributed by atoms with van der Waals surface area (Å²) in [5, 5.41) is 105. The fourth-order valence-corrected chi connectivity index (χ4v) is 5.52. The van der Waals surface area contributed by atoms with Crippen molar-refractivity contribution in [3.8, 4) is 28.6 Å². The number of fused-ring (bicyclic) bond motifs is 1. The normalized spacial score (nSPS) is 33.0. The van der Waals surface area contributed by atoms with E-state index in [1.165, 1.54) is 7.11 Å². The van der Waals surface area contributed by atoms with Gasteiger partial charge in [-0.15, -0.1) is 0 Å². The quantitative estimate of drug-likeness (QED) is 0.144. The second kappa shape index (κ2) is 12.0. The van der Waals surface area contributed by atoms with E-state index in [4.69, 9.17) is 18.6 Å². The fraction of sp³-hybridized carbons (Fsp3) is 0.464. The van der Waals surface area contributed by atoms with Crippen molar-refractivity contribution in [1.82, 2.24) is 0 Å². The van der Waals surface area contributed by atoms with Gasteiger partial charge in [0.1, 0.15) is 89.4 Å². The molecule has 10 atom stereocenters. The Labute approximate surface area is 242 Å². The Morgan fingerprint density at radius 2 is 1.23 bits per heavy atom. The van der Waals surface area contributed by atoms with Gasteiger partial charge in [-0.25, -0.2) is 0 Å². The van der Waals surface area contributed by atoms with Crippen LogP contribution >= 0.6 is 0 Å². The summed E-state index contributed by atoms with van der Waals surface area (Å²) in [6.45, 7) is -1.68. The second-order valence-corrected chi connectivity index (χ2v) is 10.4. The first kappa shape index (κ1) is 31.1. The zero-order chi connectivity index (χ0) is 31.3. The number of hydrogen-bond acceptors (Lipinski definition) is 15. The van der Waals surface area contributed by atoms with Crippen LogP contribution in [-0.2, 0) is 9.47 Å². The van der Waals surface area contributed by atoms with Crippen LogP contribution in [0.4, 0.5) is 0 Å². The number of phenols is 2. The molecular formula is C28H32O15. The summed E-state index contributed by atoms with van der Waals surface area (Å²) < 4.78 is 22.3. The van der Waals surface area contributed by atoms with Crippen LogP contribution in [0.25, 0.3) is 22.3 Å². The van der Waals surface area contributed by atoms with Crippen molar-refractivity contribution in [2.24, 2.45) is 0 Å². The van der Waals surface area contributed by atoms with Crippen LogP contribution in [-0.4, -0.2) is 120 Å². The molecule has 0 bridgehead atoms. The van der Waals surface area contributed by atoms with Gasteiger partial charge in [0.05, 0.1) is 31.5 Å². The van der Waals surface area contributed by atoms with Crippen LogP contribution in [0, 0.1) is 0 Å². The maximum atomic E-state index is 13.5. The number of benzene rings is 2. The monoisotopic (exact) mass is 608 g/mol. The molecule has 10 N–H and O–H groups in total. The average Bonchev–Trinajstić information content (AvgIpc) is 3.00. The Morgan fingerprint density at radius 3 is 1.72 bits per heavy atom. The van der Waals surface area contributed by atoms with Crippen molar-refractivity contribution in [2.45, 2.75) is 61.0 Å². The number of methoxy groups -OCH3 is 1. The molecule has 43 heavy (non-hydrogen) atoms. The van der Waals surface area contributed by atoms with Crippen LogP contribution in [0.1, 0.15) is 23.3 Å². The molecule has 2 aliphatic rings. The van der Waals surface area contributed by atoms with Crippen molar-refractivity contribution in [1.29, 1.82) is 0 Å². The molecule has 0 aliphatic carbocycles. The molecule has 0 spiro atoms. The van der Waals surface area contributed by atoms with Crippen molar-refractivity contribution in [3.63, 3.8) is 0 Å². The van der Waals surface area contributed by atoms with Crippen LogP contribution < -0.4 is 10.2 Å². The van der Waals surface area contributed by atoms with E-state index >= 15 is 0 Å². The highest BCUT2D eigenvalue weighted by Gasteiger charge is 2.50. The third kappa shape index (κ3) is 5.12. The zero-order valence-corrected chi connectivity index (χ0v) is 22.6. The Balaban J connectivity index is 1.80. The maximum Gasteiger partial charge on any atom is 0.197 e. The first-order chi connectivity index (χ1) is 20.4. The molecule has 0 saturated carbocycles. The van der Waals surface area contributed by atoms with E-state index in [1.54, 1.807) is 24.3 Å². The highest BCUT2D eigenvalue weighted by Crippen LogP contribution is 2.51. The van der Waals surface area contributed by atoms with Gasteiger partial charge in [-0.3, -0.25) is 4.79 Å². The number of rotatable bonds is 6. The third-order valence-corrected chi connectivity index (χ3v) is 7.92. The van der Waals surface area contributed by atoms with E-state index < -0.39 is 113 Å². The number of aliphatic hydroxyl groups excluding tert-OH is 8. The zero-order valence-electron chi connectivity index (χ0n) is 22.6. The van der Waals surface area contributed by atoms with Crippen LogP contribution in [0.2, 0.25) is 0 Å². The van der Waals surface area contributed by atoms with Gasteiger partial charge in [-0.1, -0.05) is 0 Å². The molecule has 2 fully saturated rings. The molecule has 2 aromatic carbocycles. The summed E-state index contributed by atoms with van der Waals surface area (Å²) in [6, 6.07) is 7.29. The Bertz CT molecular complexity index is 1520. The summed E-state index contributed by atoms with van der Waals surface area (Å²) in [5.41, 5.74) is -2.27. The van der Waals surface area contributed by atoms with E-state index in [-0.39, 0.29) is 5.76 Å². The molecule has 2 aliphatic heterocycles. The van der Waals surface area contributed by atoms with E-state index in [0.717, 1.165) is 6.07 Å². The van der Waals surface area contributed by atoms with Gasteiger partial charge in [0.2, 0.25) is 0 Å². The molecule has 0 radical (unpaired) electrons. The molecule has 3 aromatic rings. The smallest absolute Gasteiger partial charge is 0.197 e. The molecule has 0 amide bonds. The predicted molar refractivity (Wildman–Crippen MR) is 143 cm³/mol. The lowest BCUT2D eigenvalue weighted by atomic mass is 9.85. The van der Waals surface area contributed by atoms with Gasteiger partial charge in [0, 0.05) is 11.6 Å². The maximum absolute atomic E-state index is 13.5. The lowest BCUT2D eigenvalue weighted by Crippen LogP contribution is -2.55. The van der Waals surface area contributed by atoms with Crippen molar-refractivity contribution >= 4 is 11.0 Å². The standard InChI is InChI=1S/C28H32O15/c1-40-10-4-2-9(3-5-10)12-6-11(31)15-20(34)16(27-24(38)22(36)18(32)13(7-29)42-27)21(35)17(26(15)41-12)28-25(39)23(37)19(33)14(8-30)43-28/h2-6,13-14,18-19,22-25,27-30,32-39H,7-8H2,1H3. The van der Waals surface area contributed by atoms with Gasteiger partial charge in [-0.05, 0) is 24.3 Å². The second-order valence-electron chi connectivity index (χ2n) is 10.4. The highest BCUT2D eigenvalue weighted by molar-refractivity contribution is 5.92. The molecule has 5 rings (SSSR count). The van der Waals surface area contributed by atoms with Crippen LogP contribution in [0.3, 0.4) is 0 Å². The number of phenolic OH excluding ortho intramolecular Hbond substituents is 2. The molecule has 10 unspecified atom stereocenters. The Morgan fingerprint density at radius 1 is 0.721 bits per heavy atom. The Kier molecular flexibility index (Phi) is 8.65. The number of aliphatic hydroxyl groups is 8. The first-order valence-electron chi connectivity index (χ1n) is 13.3. The molecule has 3 heterocycles. The van der Waals surface area contributed by atoms with Crippen molar-refractivity contribution in [3.05, 3.63) is 51.7 Å². The average molecular weight is 609 g/mol. The largest absolute Gasteiger partial charge is 0.507 e. The summed E-state index contributed by atoms with van der Waals surface area (Å²) in [7, 11) is 1.45. The number of aromatic hydroxyl groups is 2. The molecule has 1 aromatic heterocycles. The summed E-state index contributed by atoms with van der Waals surface area (Å²) in [6.07, 6.45) is -18.0. The fourth-order valence-electron chi connectivity index (χ4n) is 5.52. The lowest BCUT2D eigenvalue weighted by molar-refractivity contribution is -0.234. The van der Waals surface area contributed by atoms with E-state index in [0.29, 0.717) is 11.3 Å². The van der Waals surface area contributed by atoms with Gasteiger partial charge < -0.3 is 69.7 Å². The lowest BCUT2D eigenvalue weighted by Gasteiger charge is -2.42. The number of ether oxygens (including phenoxy) is 3. The summed E-state index contributed by atoms with van der Waals surface area (Å²) in [4.78, 5) is 13.5. The van der Waals surface area contributed by atoms with Gasteiger partial charge >= 0.3 is 0 Å². The molecule has 234 valence electrons. The third-order valence-electron chi connectivity index (χ3n) is 7.92.